The van der Waals surface area contributed by atoms with Crippen LogP contribution in [0, 0.1) is 11.7 Å². The Morgan fingerprint density at radius 1 is 1.45 bits per heavy atom. The van der Waals surface area contributed by atoms with Crippen LogP contribution in [0.5, 0.6) is 0 Å². The molecule has 1 amide bonds. The van der Waals surface area contributed by atoms with Crippen LogP contribution in [0.15, 0.2) is 23.0 Å². The number of aromatic nitrogens is 4. The van der Waals surface area contributed by atoms with Gasteiger partial charge in [-0.2, -0.15) is 9.36 Å². The molecule has 1 saturated carbocycles. The second-order valence-electron chi connectivity index (χ2n) is 5.06. The van der Waals surface area contributed by atoms with Gasteiger partial charge in [-0.3, -0.25) is 9.63 Å². The van der Waals surface area contributed by atoms with Crippen LogP contribution in [0.1, 0.15) is 18.4 Å². The standard InChI is InChI=1S/C13H14FN5O3/c1-18-13(21)19(17-16-18)11-4-2-3-10(14)9(11)7-22-15-12(20)8-5-6-8/h2-4,8H,5-7H2,1H3,(H,15,20). The Labute approximate surface area is 124 Å². The first-order chi connectivity index (χ1) is 10.6. The number of benzene rings is 1. The zero-order valence-corrected chi connectivity index (χ0v) is 11.8. The van der Waals surface area contributed by atoms with E-state index in [1.807, 2.05) is 0 Å². The summed E-state index contributed by atoms with van der Waals surface area (Å²) in [5, 5.41) is 7.26. The number of aryl methyl sites for hydroxylation is 1. The molecule has 116 valence electrons. The lowest BCUT2D eigenvalue weighted by Gasteiger charge is -2.10. The summed E-state index contributed by atoms with van der Waals surface area (Å²) in [6.07, 6.45) is 1.68. The number of carbonyl (C=O) groups is 1. The average molecular weight is 307 g/mol. The Hall–Kier alpha value is -2.55. The van der Waals surface area contributed by atoms with Crippen LogP contribution in [0.4, 0.5) is 4.39 Å². The number of hydrogen-bond acceptors (Lipinski definition) is 5. The number of amides is 1. The maximum Gasteiger partial charge on any atom is 0.368 e. The van der Waals surface area contributed by atoms with Crippen LogP contribution >= 0.6 is 0 Å². The van der Waals surface area contributed by atoms with Crippen molar-refractivity contribution in [2.24, 2.45) is 13.0 Å². The summed E-state index contributed by atoms with van der Waals surface area (Å²) in [5.41, 5.74) is 2.11. The van der Waals surface area contributed by atoms with E-state index in [0.717, 1.165) is 22.2 Å². The third kappa shape index (κ3) is 2.75. The lowest BCUT2D eigenvalue weighted by Crippen LogP contribution is -2.26. The Morgan fingerprint density at radius 2 is 2.23 bits per heavy atom. The summed E-state index contributed by atoms with van der Waals surface area (Å²) in [6, 6.07) is 4.23. The number of hydroxylamine groups is 1. The third-order valence-electron chi connectivity index (χ3n) is 3.38. The maximum atomic E-state index is 14.0. The predicted octanol–water partition coefficient (Wildman–Crippen LogP) is 0.0629. The predicted molar refractivity (Wildman–Crippen MR) is 72.2 cm³/mol. The second kappa shape index (κ2) is 5.68. The van der Waals surface area contributed by atoms with Gasteiger partial charge in [-0.15, -0.1) is 0 Å². The number of carbonyl (C=O) groups excluding carboxylic acids is 1. The molecule has 0 saturated heterocycles. The summed E-state index contributed by atoms with van der Waals surface area (Å²) in [4.78, 5) is 28.4. The Morgan fingerprint density at radius 3 is 2.86 bits per heavy atom. The highest BCUT2D eigenvalue weighted by Crippen LogP contribution is 2.28. The summed E-state index contributed by atoms with van der Waals surface area (Å²) in [6.45, 7) is -0.219. The highest BCUT2D eigenvalue weighted by molar-refractivity contribution is 5.79. The van der Waals surface area contributed by atoms with Gasteiger partial charge in [0.25, 0.3) is 0 Å². The Bertz CT molecular complexity index is 765. The zero-order chi connectivity index (χ0) is 15.7. The molecule has 1 aromatic heterocycles. The molecule has 0 radical (unpaired) electrons. The number of hydrogen-bond donors (Lipinski definition) is 1. The molecule has 3 rings (SSSR count). The van der Waals surface area contributed by atoms with Crippen molar-refractivity contribution in [3.63, 3.8) is 0 Å². The number of nitrogens with one attached hydrogen (secondary N) is 1. The highest BCUT2D eigenvalue weighted by Gasteiger charge is 2.29. The molecule has 0 atom stereocenters. The molecule has 0 spiro atoms. The topological polar surface area (TPSA) is 91.0 Å². The summed E-state index contributed by atoms with van der Waals surface area (Å²) >= 11 is 0. The SMILES string of the molecule is Cn1nnn(-c2cccc(F)c2CONC(=O)C2CC2)c1=O. The van der Waals surface area contributed by atoms with Gasteiger partial charge in [0, 0.05) is 18.5 Å². The van der Waals surface area contributed by atoms with Crippen LogP contribution < -0.4 is 11.2 Å². The number of nitrogens with zero attached hydrogens (tertiary/aromatic N) is 4. The first kappa shape index (κ1) is 14.4. The second-order valence-corrected chi connectivity index (χ2v) is 5.06. The summed E-state index contributed by atoms with van der Waals surface area (Å²) in [7, 11) is 1.44. The molecule has 2 aromatic rings. The number of halogens is 1. The van der Waals surface area contributed by atoms with Crippen LogP contribution in [-0.2, 0) is 23.3 Å². The minimum atomic E-state index is -0.560. The molecular weight excluding hydrogens is 293 g/mol. The molecule has 1 aliphatic carbocycles. The lowest BCUT2D eigenvalue weighted by atomic mass is 10.2. The molecule has 8 nitrogen and oxygen atoms in total. The maximum absolute atomic E-state index is 14.0. The van der Waals surface area contributed by atoms with Crippen molar-refractivity contribution in [2.75, 3.05) is 0 Å². The van der Waals surface area contributed by atoms with E-state index < -0.39 is 11.5 Å². The van der Waals surface area contributed by atoms with Gasteiger partial charge in [0.1, 0.15) is 12.4 Å². The van der Waals surface area contributed by atoms with E-state index in [1.165, 1.54) is 25.2 Å². The van der Waals surface area contributed by atoms with E-state index in [9.17, 15) is 14.0 Å². The van der Waals surface area contributed by atoms with Gasteiger partial charge in [-0.1, -0.05) is 6.07 Å². The van der Waals surface area contributed by atoms with Gasteiger partial charge in [0.2, 0.25) is 5.91 Å². The fourth-order valence-electron chi connectivity index (χ4n) is 1.96. The molecule has 9 heteroatoms. The molecule has 0 unspecified atom stereocenters. The van der Waals surface area contributed by atoms with Crippen molar-refractivity contribution in [3.05, 3.63) is 40.1 Å². The van der Waals surface area contributed by atoms with E-state index >= 15 is 0 Å². The van der Waals surface area contributed by atoms with Crippen molar-refractivity contribution in [1.29, 1.82) is 0 Å². The van der Waals surface area contributed by atoms with Crippen LogP contribution in [0.25, 0.3) is 5.69 Å². The van der Waals surface area contributed by atoms with Gasteiger partial charge < -0.3 is 0 Å². The molecule has 1 aliphatic rings. The summed E-state index contributed by atoms with van der Waals surface area (Å²) in [5.74, 6) is -0.784. The van der Waals surface area contributed by atoms with E-state index in [1.54, 1.807) is 0 Å². The van der Waals surface area contributed by atoms with E-state index in [-0.39, 0.29) is 29.7 Å². The van der Waals surface area contributed by atoms with Crippen LogP contribution in [0.2, 0.25) is 0 Å². The van der Waals surface area contributed by atoms with Gasteiger partial charge in [0.15, 0.2) is 0 Å². The highest BCUT2D eigenvalue weighted by atomic mass is 19.1. The molecule has 0 aliphatic heterocycles. The lowest BCUT2D eigenvalue weighted by molar-refractivity contribution is -0.135. The van der Waals surface area contributed by atoms with Crippen molar-refractivity contribution in [3.8, 4) is 5.69 Å². The molecular formula is C13H14FN5O3. The molecule has 1 heterocycles. The quantitative estimate of drug-likeness (QED) is 0.789. The molecule has 1 fully saturated rings. The minimum absolute atomic E-state index is 0.0114. The molecule has 22 heavy (non-hydrogen) atoms. The Balaban J connectivity index is 1.82. The molecule has 1 N–H and O–H groups in total. The number of tetrazole rings is 1. The fraction of sp³-hybridized carbons (Fsp3) is 0.385. The van der Waals surface area contributed by atoms with E-state index in [0.29, 0.717) is 0 Å². The average Bonchev–Trinajstić information content (AvgIpc) is 3.29. The van der Waals surface area contributed by atoms with E-state index in [4.69, 9.17) is 4.84 Å². The van der Waals surface area contributed by atoms with Crippen molar-refractivity contribution >= 4 is 5.91 Å². The van der Waals surface area contributed by atoms with E-state index in [2.05, 4.69) is 15.9 Å². The fourth-order valence-corrected chi connectivity index (χ4v) is 1.96. The minimum Gasteiger partial charge on any atom is -0.273 e. The zero-order valence-electron chi connectivity index (χ0n) is 11.8. The first-order valence-corrected chi connectivity index (χ1v) is 6.76. The summed E-state index contributed by atoms with van der Waals surface area (Å²) < 4.78 is 16.0. The monoisotopic (exact) mass is 307 g/mol. The largest absolute Gasteiger partial charge is 0.368 e. The smallest absolute Gasteiger partial charge is 0.273 e. The van der Waals surface area contributed by atoms with Gasteiger partial charge in [-0.05, 0) is 35.4 Å². The molecule has 1 aromatic carbocycles. The Kier molecular flexibility index (Phi) is 3.72. The van der Waals surface area contributed by atoms with Crippen LogP contribution in [-0.4, -0.2) is 25.7 Å². The third-order valence-corrected chi connectivity index (χ3v) is 3.38. The van der Waals surface area contributed by atoms with Crippen molar-refractivity contribution < 1.29 is 14.0 Å². The van der Waals surface area contributed by atoms with Gasteiger partial charge in [0.05, 0.1) is 5.69 Å². The number of rotatable bonds is 5. The van der Waals surface area contributed by atoms with Gasteiger partial charge >= 0.3 is 5.69 Å². The van der Waals surface area contributed by atoms with Crippen LogP contribution in [0.3, 0.4) is 0 Å². The van der Waals surface area contributed by atoms with Crippen molar-refractivity contribution in [1.82, 2.24) is 25.3 Å². The van der Waals surface area contributed by atoms with Crippen molar-refractivity contribution in [2.45, 2.75) is 19.4 Å². The first-order valence-electron chi connectivity index (χ1n) is 6.76. The van der Waals surface area contributed by atoms with Gasteiger partial charge in [-0.25, -0.2) is 14.7 Å². The normalized spacial score (nSPS) is 14.1. The molecule has 0 bridgehead atoms.